The molecule has 2 heterocycles. The Morgan fingerprint density at radius 3 is 2.60 bits per heavy atom. The number of rotatable bonds is 14. The highest BCUT2D eigenvalue weighted by Crippen LogP contribution is 2.40. The number of fused-ring (bicyclic) bond motifs is 5. The summed E-state index contributed by atoms with van der Waals surface area (Å²) in [5.41, 5.74) is 8.63. The Balaban J connectivity index is 1.40. The van der Waals surface area contributed by atoms with Crippen LogP contribution < -0.4 is 21.7 Å². The van der Waals surface area contributed by atoms with Crippen LogP contribution in [0.25, 0.3) is 22.4 Å². The van der Waals surface area contributed by atoms with Gasteiger partial charge in [0.2, 0.25) is 5.91 Å². The van der Waals surface area contributed by atoms with Gasteiger partial charge in [-0.15, -0.1) is 0 Å². The van der Waals surface area contributed by atoms with Gasteiger partial charge < -0.3 is 35.7 Å². The quantitative estimate of drug-likeness (QED) is 0.131. The summed E-state index contributed by atoms with van der Waals surface area (Å²) < 4.78 is 52.3. The highest BCUT2D eigenvalue weighted by molar-refractivity contribution is 6.03. The Morgan fingerprint density at radius 2 is 1.85 bits per heavy atom. The van der Waals surface area contributed by atoms with E-state index in [9.17, 15) is 22.8 Å². The van der Waals surface area contributed by atoms with Crippen LogP contribution in [-0.4, -0.2) is 60.9 Å². The summed E-state index contributed by atoms with van der Waals surface area (Å²) in [7, 11) is 0. The van der Waals surface area contributed by atoms with E-state index in [2.05, 4.69) is 16.0 Å². The van der Waals surface area contributed by atoms with Crippen molar-refractivity contribution in [2.24, 2.45) is 11.7 Å². The minimum atomic E-state index is -4.47. The normalized spacial score (nSPS) is 15.0. The summed E-state index contributed by atoms with van der Waals surface area (Å²) in [6.45, 7) is 6.87. The van der Waals surface area contributed by atoms with Gasteiger partial charge in [0.05, 0.1) is 48.7 Å². The molecule has 1 aromatic heterocycles. The molecule has 1 aliphatic rings. The number of nitrogens with one attached hydrogen (secondary N) is 3. The van der Waals surface area contributed by atoms with Crippen molar-refractivity contribution in [2.45, 2.75) is 39.0 Å². The van der Waals surface area contributed by atoms with Crippen molar-refractivity contribution >= 4 is 34.2 Å². The maximum absolute atomic E-state index is 13.6. The van der Waals surface area contributed by atoms with Crippen LogP contribution >= 0.6 is 0 Å². The fourth-order valence-electron chi connectivity index (χ4n) is 5.53. The molecule has 1 aliphatic heterocycles. The van der Waals surface area contributed by atoms with E-state index in [1.54, 1.807) is 18.2 Å². The molecule has 0 saturated carbocycles. The van der Waals surface area contributed by atoms with Crippen LogP contribution in [0, 0.1) is 5.92 Å². The van der Waals surface area contributed by atoms with Crippen LogP contribution in [-0.2, 0) is 27.0 Å². The van der Waals surface area contributed by atoms with Crippen LogP contribution in [0.2, 0.25) is 0 Å². The SMILES string of the molecule is CC[C@@H](C)[C@@H]1C(=O)Nc2ccc(NCCOCCOCCN)cc2-c2nc3cc(C(=O)NCc4cccc(C(F)(F)F)c4)ccc3n21. The van der Waals surface area contributed by atoms with E-state index in [1.807, 2.05) is 36.6 Å². The molecule has 0 bridgehead atoms. The molecule has 4 aromatic rings. The third kappa shape index (κ3) is 7.92. The zero-order valence-corrected chi connectivity index (χ0v) is 26.3. The topological polar surface area (TPSA) is 133 Å². The average Bonchev–Trinajstić information content (AvgIpc) is 3.37. The van der Waals surface area contributed by atoms with Crippen molar-refractivity contribution in [3.05, 3.63) is 77.4 Å². The second-order valence-electron chi connectivity index (χ2n) is 11.4. The second-order valence-corrected chi connectivity index (χ2v) is 11.4. The largest absolute Gasteiger partial charge is 0.416 e. The number of nitrogens with zero attached hydrogens (tertiary/aromatic N) is 2. The first kappa shape index (κ1) is 33.9. The van der Waals surface area contributed by atoms with Gasteiger partial charge in [-0.1, -0.05) is 32.4 Å². The van der Waals surface area contributed by atoms with Gasteiger partial charge in [-0.3, -0.25) is 9.59 Å². The Labute approximate surface area is 270 Å². The van der Waals surface area contributed by atoms with Gasteiger partial charge in [0.15, 0.2) is 0 Å². The lowest BCUT2D eigenvalue weighted by Crippen LogP contribution is -2.29. The molecule has 2 amide bonds. The number of carbonyl (C=O) groups excluding carboxylic acids is 2. The molecule has 13 heteroatoms. The van der Waals surface area contributed by atoms with E-state index in [4.69, 9.17) is 20.2 Å². The number of benzene rings is 3. The van der Waals surface area contributed by atoms with E-state index in [0.717, 1.165) is 29.8 Å². The van der Waals surface area contributed by atoms with E-state index >= 15 is 0 Å². The lowest BCUT2D eigenvalue weighted by atomic mass is 9.97. The zero-order chi connectivity index (χ0) is 33.6. The minimum Gasteiger partial charge on any atom is -0.383 e. The Hall–Kier alpha value is -4.46. The molecule has 5 rings (SSSR count). The average molecular weight is 653 g/mol. The molecular weight excluding hydrogens is 613 g/mol. The predicted molar refractivity (Wildman–Crippen MR) is 174 cm³/mol. The van der Waals surface area contributed by atoms with Crippen LogP contribution in [0.3, 0.4) is 0 Å². The van der Waals surface area contributed by atoms with E-state index in [0.29, 0.717) is 73.2 Å². The number of aromatic nitrogens is 2. The number of ether oxygens (including phenoxy) is 2. The summed E-state index contributed by atoms with van der Waals surface area (Å²) in [6.07, 6.45) is -3.73. The Morgan fingerprint density at radius 1 is 1.06 bits per heavy atom. The van der Waals surface area contributed by atoms with Gasteiger partial charge in [-0.05, 0) is 60.0 Å². The van der Waals surface area contributed by atoms with Crippen LogP contribution in [0.15, 0.2) is 60.7 Å². The third-order valence-electron chi connectivity index (χ3n) is 8.12. The van der Waals surface area contributed by atoms with E-state index < -0.39 is 23.7 Å². The van der Waals surface area contributed by atoms with Crippen molar-refractivity contribution in [3.63, 3.8) is 0 Å². The molecule has 0 aliphatic carbocycles. The molecule has 3 aromatic carbocycles. The number of anilines is 2. The minimum absolute atomic E-state index is 0.0283. The molecule has 5 N–H and O–H groups in total. The number of amides is 2. The van der Waals surface area contributed by atoms with Gasteiger partial charge in [0, 0.05) is 36.4 Å². The number of alkyl halides is 3. The summed E-state index contributed by atoms with van der Waals surface area (Å²) >= 11 is 0. The van der Waals surface area contributed by atoms with Gasteiger partial charge in [-0.2, -0.15) is 13.2 Å². The molecule has 0 fully saturated rings. The number of carbonyl (C=O) groups is 2. The lowest BCUT2D eigenvalue weighted by Gasteiger charge is -2.23. The highest BCUT2D eigenvalue weighted by atomic mass is 19.4. The highest BCUT2D eigenvalue weighted by Gasteiger charge is 2.34. The van der Waals surface area contributed by atoms with Gasteiger partial charge in [0.25, 0.3) is 5.91 Å². The number of hydrogen-bond donors (Lipinski definition) is 4. The molecule has 0 saturated heterocycles. The number of hydrogen-bond acceptors (Lipinski definition) is 7. The van der Waals surface area contributed by atoms with E-state index in [1.165, 1.54) is 12.1 Å². The summed E-state index contributed by atoms with van der Waals surface area (Å²) in [4.78, 5) is 31.7. The number of nitrogens with two attached hydrogens (primary N) is 1. The molecular formula is C34H39F3N6O4. The van der Waals surface area contributed by atoms with Crippen LogP contribution in [0.1, 0.15) is 47.8 Å². The van der Waals surface area contributed by atoms with Crippen molar-refractivity contribution in [3.8, 4) is 11.4 Å². The van der Waals surface area contributed by atoms with Gasteiger partial charge in [-0.25, -0.2) is 4.98 Å². The third-order valence-corrected chi connectivity index (χ3v) is 8.12. The first-order valence-electron chi connectivity index (χ1n) is 15.6. The van der Waals surface area contributed by atoms with Crippen molar-refractivity contribution < 1.29 is 32.2 Å². The molecule has 2 atom stereocenters. The van der Waals surface area contributed by atoms with E-state index in [-0.39, 0.29) is 18.4 Å². The Bertz CT molecular complexity index is 1720. The van der Waals surface area contributed by atoms with Gasteiger partial charge >= 0.3 is 6.18 Å². The number of imidazole rings is 1. The number of halogens is 3. The standard InChI is InChI=1S/C34H39F3N6O4/c1-3-21(2)30-33(45)42-27-9-8-25(39-12-14-47-16-15-46-13-11-38)19-26(27)31-41-28-18-23(7-10-29(28)43(30)31)32(44)40-20-22-5-4-6-24(17-22)34(35,36)37/h4-10,17-19,21,30,39H,3,11-16,20,38H2,1-2H3,(H,40,44)(H,42,45)/t21-,30-/m1/s1. The Kier molecular flexibility index (Phi) is 10.8. The maximum atomic E-state index is 13.6. The van der Waals surface area contributed by atoms with Crippen molar-refractivity contribution in [2.75, 3.05) is 50.2 Å². The monoisotopic (exact) mass is 652 g/mol. The smallest absolute Gasteiger partial charge is 0.383 e. The summed E-state index contributed by atoms with van der Waals surface area (Å²) in [5, 5.41) is 9.13. The zero-order valence-electron chi connectivity index (χ0n) is 26.3. The molecule has 0 unspecified atom stereocenters. The fourth-order valence-corrected chi connectivity index (χ4v) is 5.53. The first-order chi connectivity index (χ1) is 22.6. The second kappa shape index (κ2) is 15.0. The predicted octanol–water partition coefficient (Wildman–Crippen LogP) is 5.60. The summed E-state index contributed by atoms with van der Waals surface area (Å²) in [6, 6.07) is 15.0. The lowest BCUT2D eigenvalue weighted by molar-refractivity contribution is -0.137. The molecule has 47 heavy (non-hydrogen) atoms. The van der Waals surface area contributed by atoms with Crippen LogP contribution in [0.4, 0.5) is 24.5 Å². The maximum Gasteiger partial charge on any atom is 0.416 e. The fraction of sp³-hybridized carbons (Fsp3) is 0.382. The van der Waals surface area contributed by atoms with Crippen LogP contribution in [0.5, 0.6) is 0 Å². The molecule has 10 nitrogen and oxygen atoms in total. The van der Waals surface area contributed by atoms with Crippen molar-refractivity contribution in [1.82, 2.24) is 14.9 Å². The first-order valence-corrected chi connectivity index (χ1v) is 15.6. The molecule has 0 spiro atoms. The summed E-state index contributed by atoms with van der Waals surface area (Å²) in [5.74, 6) is -0.0621. The van der Waals surface area contributed by atoms with Crippen molar-refractivity contribution in [1.29, 1.82) is 0 Å². The molecule has 250 valence electrons. The van der Waals surface area contributed by atoms with Gasteiger partial charge in [0.1, 0.15) is 11.9 Å². The molecule has 0 radical (unpaired) electrons.